The van der Waals surface area contributed by atoms with Crippen molar-refractivity contribution in [2.75, 3.05) is 6.61 Å². The van der Waals surface area contributed by atoms with Gasteiger partial charge in [-0.2, -0.15) is 0 Å². The molecule has 0 spiro atoms. The minimum atomic E-state index is -0.706. The highest BCUT2D eigenvalue weighted by Crippen LogP contribution is 2.12. The molecule has 2 heterocycles. The summed E-state index contributed by atoms with van der Waals surface area (Å²) in [5.41, 5.74) is 0.527. The van der Waals surface area contributed by atoms with Crippen LogP contribution in [0.15, 0.2) is 23.1 Å². The Bertz CT molecular complexity index is 840. The van der Waals surface area contributed by atoms with Crippen LogP contribution >= 0.6 is 0 Å². The summed E-state index contributed by atoms with van der Waals surface area (Å²) in [6.45, 7) is 7.29. The van der Waals surface area contributed by atoms with Gasteiger partial charge in [-0.3, -0.25) is 9.59 Å². The van der Waals surface area contributed by atoms with Crippen molar-refractivity contribution >= 4 is 22.9 Å². The van der Waals surface area contributed by atoms with E-state index in [9.17, 15) is 14.4 Å². The van der Waals surface area contributed by atoms with E-state index in [-0.39, 0.29) is 36.1 Å². The van der Waals surface area contributed by atoms with Gasteiger partial charge in [-0.1, -0.05) is 0 Å². The predicted octanol–water partition coefficient (Wildman–Crippen LogP) is 1.41. The zero-order valence-corrected chi connectivity index (χ0v) is 14.3. The van der Waals surface area contributed by atoms with Crippen LogP contribution < -0.4 is 10.7 Å². The van der Waals surface area contributed by atoms with Crippen LogP contribution in [0.3, 0.4) is 0 Å². The molecule has 24 heavy (non-hydrogen) atoms. The average molecular weight is 331 g/mol. The molecule has 128 valence electrons. The summed E-state index contributed by atoms with van der Waals surface area (Å²) < 4.78 is 6.44. The van der Waals surface area contributed by atoms with Crippen molar-refractivity contribution in [1.29, 1.82) is 0 Å². The fourth-order valence-electron chi connectivity index (χ4n) is 2.36. The van der Waals surface area contributed by atoms with Gasteiger partial charge in [-0.25, -0.2) is 9.78 Å². The normalized spacial score (nSPS) is 10.9. The molecule has 1 amide bonds. The Kier molecular flexibility index (Phi) is 5.33. The third-order valence-corrected chi connectivity index (χ3v) is 3.32. The molecule has 1 N–H and O–H groups in total. The number of carbonyl (C=O) groups is 2. The van der Waals surface area contributed by atoms with Gasteiger partial charge in [0.25, 0.3) is 0 Å². The number of amides is 1. The van der Waals surface area contributed by atoms with Crippen molar-refractivity contribution in [3.63, 3.8) is 0 Å². The standard InChI is InChI=1S/C17H21N3O4/c1-5-24-17(23)13-8-20(9-14(21)18-10(2)3)16-12(15(13)22)7-6-11(4)19-16/h6-8,10H,5,9H2,1-4H3,(H,18,21). The number of hydrogen-bond acceptors (Lipinski definition) is 5. The first kappa shape index (κ1) is 17.7. The van der Waals surface area contributed by atoms with Gasteiger partial charge in [-0.15, -0.1) is 0 Å². The Labute approximate surface area is 139 Å². The summed E-state index contributed by atoms with van der Waals surface area (Å²) in [4.78, 5) is 41.0. The molecular formula is C17H21N3O4. The number of rotatable bonds is 5. The molecule has 0 saturated carbocycles. The second kappa shape index (κ2) is 7.25. The summed E-state index contributed by atoms with van der Waals surface area (Å²) in [6, 6.07) is 3.29. The Morgan fingerprint density at radius 3 is 2.67 bits per heavy atom. The Morgan fingerprint density at radius 1 is 1.33 bits per heavy atom. The minimum absolute atomic E-state index is 0.0117. The Balaban J connectivity index is 2.60. The number of nitrogens with zero attached hydrogens (tertiary/aromatic N) is 2. The lowest BCUT2D eigenvalue weighted by atomic mass is 10.2. The van der Waals surface area contributed by atoms with Gasteiger partial charge in [0.15, 0.2) is 0 Å². The maximum Gasteiger partial charge on any atom is 0.343 e. The lowest BCUT2D eigenvalue weighted by molar-refractivity contribution is -0.122. The van der Waals surface area contributed by atoms with E-state index in [1.807, 2.05) is 13.8 Å². The Morgan fingerprint density at radius 2 is 2.04 bits per heavy atom. The molecule has 2 aromatic rings. The number of aryl methyl sites for hydroxylation is 1. The second-order valence-corrected chi connectivity index (χ2v) is 5.77. The molecule has 0 aromatic carbocycles. The zero-order valence-electron chi connectivity index (χ0n) is 14.3. The summed E-state index contributed by atoms with van der Waals surface area (Å²) in [5, 5.41) is 3.06. The maximum absolute atomic E-state index is 12.5. The average Bonchev–Trinajstić information content (AvgIpc) is 2.49. The van der Waals surface area contributed by atoms with Crippen molar-refractivity contribution in [2.24, 2.45) is 0 Å². The number of fused-ring (bicyclic) bond motifs is 1. The minimum Gasteiger partial charge on any atom is -0.462 e. The topological polar surface area (TPSA) is 90.3 Å². The van der Waals surface area contributed by atoms with E-state index >= 15 is 0 Å². The molecular weight excluding hydrogens is 310 g/mol. The highest BCUT2D eigenvalue weighted by atomic mass is 16.5. The van der Waals surface area contributed by atoms with E-state index < -0.39 is 11.4 Å². The van der Waals surface area contributed by atoms with Crippen LogP contribution in [0.4, 0.5) is 0 Å². The van der Waals surface area contributed by atoms with Crippen molar-refractivity contribution < 1.29 is 14.3 Å². The third kappa shape index (κ3) is 3.79. The number of ether oxygens (including phenoxy) is 1. The van der Waals surface area contributed by atoms with Crippen molar-refractivity contribution in [1.82, 2.24) is 14.9 Å². The number of hydrogen-bond donors (Lipinski definition) is 1. The second-order valence-electron chi connectivity index (χ2n) is 5.77. The number of pyridine rings is 2. The number of carbonyl (C=O) groups excluding carboxylic acids is 2. The highest BCUT2D eigenvalue weighted by Gasteiger charge is 2.18. The molecule has 7 nitrogen and oxygen atoms in total. The lowest BCUT2D eigenvalue weighted by Crippen LogP contribution is -2.34. The van der Waals surface area contributed by atoms with Gasteiger partial charge >= 0.3 is 5.97 Å². The molecule has 7 heteroatoms. The smallest absolute Gasteiger partial charge is 0.343 e. The van der Waals surface area contributed by atoms with Gasteiger partial charge in [0, 0.05) is 17.9 Å². The van der Waals surface area contributed by atoms with Crippen LogP contribution in [0.2, 0.25) is 0 Å². The van der Waals surface area contributed by atoms with Crippen LogP contribution in [0.5, 0.6) is 0 Å². The van der Waals surface area contributed by atoms with E-state index in [4.69, 9.17) is 4.74 Å². The third-order valence-electron chi connectivity index (χ3n) is 3.32. The number of esters is 1. The van der Waals surface area contributed by atoms with E-state index in [0.29, 0.717) is 11.3 Å². The van der Waals surface area contributed by atoms with Gasteiger partial charge in [0.05, 0.1) is 12.0 Å². The van der Waals surface area contributed by atoms with E-state index in [1.165, 1.54) is 10.8 Å². The molecule has 0 aliphatic carbocycles. The fourth-order valence-corrected chi connectivity index (χ4v) is 2.36. The zero-order chi connectivity index (χ0) is 17.9. The predicted molar refractivity (Wildman–Crippen MR) is 90.0 cm³/mol. The highest BCUT2D eigenvalue weighted by molar-refractivity contribution is 5.93. The molecule has 0 saturated heterocycles. The van der Waals surface area contributed by atoms with Crippen molar-refractivity contribution in [3.8, 4) is 0 Å². The molecule has 0 fully saturated rings. The summed E-state index contributed by atoms with van der Waals surface area (Å²) in [7, 11) is 0. The lowest BCUT2D eigenvalue weighted by Gasteiger charge is -2.14. The van der Waals surface area contributed by atoms with Gasteiger partial charge < -0.3 is 14.6 Å². The summed E-state index contributed by atoms with van der Waals surface area (Å²) in [6.07, 6.45) is 1.34. The maximum atomic E-state index is 12.5. The first-order chi connectivity index (χ1) is 11.3. The first-order valence-corrected chi connectivity index (χ1v) is 7.80. The van der Waals surface area contributed by atoms with Crippen LogP contribution in [0.1, 0.15) is 36.8 Å². The van der Waals surface area contributed by atoms with Crippen LogP contribution in [0, 0.1) is 6.92 Å². The first-order valence-electron chi connectivity index (χ1n) is 7.80. The van der Waals surface area contributed by atoms with Crippen molar-refractivity contribution in [3.05, 3.63) is 39.8 Å². The van der Waals surface area contributed by atoms with Gasteiger partial charge in [0.2, 0.25) is 11.3 Å². The molecule has 2 aromatic heterocycles. The largest absolute Gasteiger partial charge is 0.462 e. The van der Waals surface area contributed by atoms with E-state index in [1.54, 1.807) is 26.0 Å². The van der Waals surface area contributed by atoms with Crippen LogP contribution in [-0.2, 0) is 16.1 Å². The van der Waals surface area contributed by atoms with E-state index in [2.05, 4.69) is 10.3 Å². The quantitative estimate of drug-likeness (QED) is 0.837. The van der Waals surface area contributed by atoms with E-state index in [0.717, 1.165) is 0 Å². The number of aromatic nitrogens is 2. The van der Waals surface area contributed by atoms with Gasteiger partial charge in [0.1, 0.15) is 17.8 Å². The molecule has 0 aliphatic rings. The van der Waals surface area contributed by atoms with Gasteiger partial charge in [-0.05, 0) is 39.8 Å². The van der Waals surface area contributed by atoms with Crippen molar-refractivity contribution in [2.45, 2.75) is 40.3 Å². The summed E-state index contributed by atoms with van der Waals surface area (Å²) >= 11 is 0. The Hall–Kier alpha value is -2.70. The fraction of sp³-hybridized carbons (Fsp3) is 0.412. The SMILES string of the molecule is CCOC(=O)c1cn(CC(=O)NC(C)C)c2nc(C)ccc2c1=O. The van der Waals surface area contributed by atoms with Crippen LogP contribution in [-0.4, -0.2) is 34.1 Å². The van der Waals surface area contributed by atoms with Crippen LogP contribution in [0.25, 0.3) is 11.0 Å². The molecule has 0 atom stereocenters. The number of nitrogens with one attached hydrogen (secondary N) is 1. The molecule has 0 bridgehead atoms. The molecule has 0 unspecified atom stereocenters. The monoisotopic (exact) mass is 331 g/mol. The molecule has 0 radical (unpaired) electrons. The summed E-state index contributed by atoms with van der Waals surface area (Å²) in [5.74, 6) is -0.934. The molecule has 2 rings (SSSR count). The molecule has 0 aliphatic heterocycles.